The summed E-state index contributed by atoms with van der Waals surface area (Å²) >= 11 is 1.36. The van der Waals surface area contributed by atoms with E-state index in [1.807, 2.05) is 5.38 Å². The Bertz CT molecular complexity index is 701. The number of nitrogens with one attached hydrogen (secondary N) is 1. The first-order valence-electron chi connectivity index (χ1n) is 6.00. The predicted molar refractivity (Wildman–Crippen MR) is 72.9 cm³/mol. The van der Waals surface area contributed by atoms with E-state index in [-0.39, 0.29) is 18.0 Å². The number of amides is 1. The van der Waals surface area contributed by atoms with Crippen LogP contribution in [0.5, 0.6) is 0 Å². The van der Waals surface area contributed by atoms with Crippen LogP contribution in [0.15, 0.2) is 16.2 Å². The van der Waals surface area contributed by atoms with E-state index in [1.165, 1.54) is 16.2 Å². The van der Waals surface area contributed by atoms with Crippen molar-refractivity contribution in [2.75, 3.05) is 7.05 Å². The molecule has 1 fully saturated rings. The normalized spacial score (nSPS) is 16.5. The predicted octanol–water partition coefficient (Wildman–Crippen LogP) is 0.434. The van der Waals surface area contributed by atoms with Gasteiger partial charge in [0.05, 0.1) is 17.6 Å². The molecule has 2 aromatic rings. The summed E-state index contributed by atoms with van der Waals surface area (Å²) in [7, 11) is 1.67. The van der Waals surface area contributed by atoms with Crippen molar-refractivity contribution in [2.24, 2.45) is 5.73 Å². The van der Waals surface area contributed by atoms with Crippen molar-refractivity contribution in [3.05, 3.63) is 27.6 Å². The molecule has 1 amide bonds. The van der Waals surface area contributed by atoms with Gasteiger partial charge in [0, 0.05) is 7.05 Å². The van der Waals surface area contributed by atoms with Crippen LogP contribution < -0.4 is 11.3 Å². The molecule has 0 atom stereocenters. The maximum atomic E-state index is 12.0. The quantitative estimate of drug-likeness (QED) is 0.852. The van der Waals surface area contributed by atoms with Gasteiger partial charge in [0.15, 0.2) is 0 Å². The van der Waals surface area contributed by atoms with Crippen LogP contribution >= 0.6 is 11.3 Å². The van der Waals surface area contributed by atoms with Gasteiger partial charge < -0.3 is 15.6 Å². The minimum Gasteiger partial charge on any atom is -0.337 e. The number of hydrogen-bond donors (Lipinski definition) is 2. The Hall–Kier alpha value is -1.73. The van der Waals surface area contributed by atoms with Crippen molar-refractivity contribution in [1.82, 2.24) is 14.9 Å². The van der Waals surface area contributed by atoms with Gasteiger partial charge >= 0.3 is 0 Å². The van der Waals surface area contributed by atoms with Crippen LogP contribution in [0.3, 0.4) is 0 Å². The number of carbonyl (C=O) groups excluding carboxylic acids is 1. The molecule has 100 valence electrons. The lowest BCUT2D eigenvalue weighted by atomic mass is 10.2. The summed E-state index contributed by atoms with van der Waals surface area (Å²) in [5.41, 5.74) is 5.68. The molecule has 0 unspecified atom stereocenters. The van der Waals surface area contributed by atoms with Gasteiger partial charge in [-0.1, -0.05) is 0 Å². The Balaban J connectivity index is 1.85. The van der Waals surface area contributed by atoms with Crippen LogP contribution in [0.25, 0.3) is 10.2 Å². The monoisotopic (exact) mass is 278 g/mol. The minimum absolute atomic E-state index is 0.0967. The lowest BCUT2D eigenvalue weighted by Crippen LogP contribution is -2.43. The lowest BCUT2D eigenvalue weighted by Gasteiger charge is -2.20. The zero-order chi connectivity index (χ0) is 13.6. The van der Waals surface area contributed by atoms with Crippen molar-refractivity contribution in [3.63, 3.8) is 0 Å². The molecule has 0 aromatic carbocycles. The highest BCUT2D eigenvalue weighted by molar-refractivity contribution is 7.17. The summed E-state index contributed by atoms with van der Waals surface area (Å²) in [6.45, 7) is 0.263. The molecule has 0 saturated heterocycles. The van der Waals surface area contributed by atoms with Crippen molar-refractivity contribution in [1.29, 1.82) is 0 Å². The van der Waals surface area contributed by atoms with E-state index in [9.17, 15) is 9.59 Å². The summed E-state index contributed by atoms with van der Waals surface area (Å²) < 4.78 is 0.607. The number of nitrogens with two attached hydrogens (primary N) is 1. The minimum atomic E-state index is -0.693. The fourth-order valence-electron chi connectivity index (χ4n) is 2.02. The van der Waals surface area contributed by atoms with Gasteiger partial charge in [-0.25, -0.2) is 4.98 Å². The third kappa shape index (κ3) is 2.15. The Labute approximate surface area is 113 Å². The number of aromatic nitrogens is 2. The van der Waals surface area contributed by atoms with Gasteiger partial charge in [0.2, 0.25) is 5.91 Å². The van der Waals surface area contributed by atoms with Gasteiger partial charge in [-0.3, -0.25) is 9.59 Å². The number of H-pyrrole nitrogens is 1. The summed E-state index contributed by atoms with van der Waals surface area (Å²) in [5.74, 6) is 0.386. The summed E-state index contributed by atoms with van der Waals surface area (Å²) in [6.07, 6.45) is 1.45. The number of hydrogen-bond acceptors (Lipinski definition) is 5. The van der Waals surface area contributed by atoms with Crippen LogP contribution in [-0.2, 0) is 11.3 Å². The maximum Gasteiger partial charge on any atom is 0.268 e. The van der Waals surface area contributed by atoms with E-state index in [0.717, 1.165) is 12.8 Å². The first-order valence-corrected chi connectivity index (χ1v) is 6.88. The molecule has 2 aromatic heterocycles. The van der Waals surface area contributed by atoms with E-state index in [1.54, 1.807) is 13.1 Å². The van der Waals surface area contributed by atoms with Crippen molar-refractivity contribution >= 4 is 27.5 Å². The van der Waals surface area contributed by atoms with Crippen LogP contribution in [0.2, 0.25) is 0 Å². The van der Waals surface area contributed by atoms with Crippen LogP contribution in [-0.4, -0.2) is 33.4 Å². The number of fused-ring (bicyclic) bond motifs is 1. The highest BCUT2D eigenvalue weighted by Crippen LogP contribution is 2.34. The molecular weight excluding hydrogens is 264 g/mol. The Morgan fingerprint density at radius 3 is 3.05 bits per heavy atom. The maximum absolute atomic E-state index is 12.0. The zero-order valence-electron chi connectivity index (χ0n) is 10.5. The Morgan fingerprint density at radius 1 is 1.63 bits per heavy atom. The molecule has 0 spiro atoms. The molecule has 7 heteroatoms. The first-order chi connectivity index (χ1) is 8.99. The molecule has 1 aliphatic carbocycles. The molecule has 6 nitrogen and oxygen atoms in total. The molecular formula is C12H14N4O2S. The smallest absolute Gasteiger partial charge is 0.268 e. The van der Waals surface area contributed by atoms with Gasteiger partial charge in [0.25, 0.3) is 5.56 Å². The summed E-state index contributed by atoms with van der Waals surface area (Å²) in [5, 5.41) is 1.82. The average Bonchev–Trinajstić information content (AvgIpc) is 2.93. The topological polar surface area (TPSA) is 92.1 Å². The second kappa shape index (κ2) is 4.14. The molecule has 1 saturated carbocycles. The molecule has 19 heavy (non-hydrogen) atoms. The third-order valence-corrected chi connectivity index (χ3v) is 4.21. The van der Waals surface area contributed by atoms with E-state index >= 15 is 0 Å². The molecule has 1 aliphatic rings. The molecule has 3 N–H and O–H groups in total. The fraction of sp³-hybridized carbons (Fsp3) is 0.417. The number of carbonyl (C=O) groups is 1. The highest BCUT2D eigenvalue weighted by Gasteiger charge is 2.47. The van der Waals surface area contributed by atoms with E-state index < -0.39 is 5.54 Å². The standard InChI is InChI=1S/C12H14N4O2S/c1-16(11(18)12(13)3-4-12)6-8-14-7-2-5-19-9(7)10(17)15-8/h2,5H,3-4,6,13H2,1H3,(H,14,15,17). The molecule has 3 rings (SSSR count). The van der Waals surface area contributed by atoms with Crippen LogP contribution in [0, 0.1) is 0 Å². The second-order valence-corrected chi connectivity index (χ2v) is 5.88. The van der Waals surface area contributed by atoms with Gasteiger partial charge in [0.1, 0.15) is 10.5 Å². The summed E-state index contributed by atoms with van der Waals surface area (Å²) in [4.78, 5) is 32.4. The molecule has 0 bridgehead atoms. The second-order valence-electron chi connectivity index (χ2n) is 4.96. The number of likely N-dealkylation sites (N-methyl/N-ethyl adjacent to an activating group) is 1. The highest BCUT2D eigenvalue weighted by atomic mass is 32.1. The van der Waals surface area contributed by atoms with Crippen LogP contribution in [0.1, 0.15) is 18.7 Å². The van der Waals surface area contributed by atoms with E-state index in [4.69, 9.17) is 5.73 Å². The molecule has 2 heterocycles. The fourth-order valence-corrected chi connectivity index (χ4v) is 2.75. The first kappa shape index (κ1) is 12.3. The van der Waals surface area contributed by atoms with Crippen molar-refractivity contribution in [2.45, 2.75) is 24.9 Å². The molecule has 0 aliphatic heterocycles. The van der Waals surface area contributed by atoms with E-state index in [0.29, 0.717) is 16.0 Å². The number of aromatic amines is 1. The number of nitrogens with zero attached hydrogens (tertiary/aromatic N) is 2. The van der Waals surface area contributed by atoms with Gasteiger partial charge in [-0.15, -0.1) is 11.3 Å². The number of rotatable bonds is 3. The number of thiophene rings is 1. The van der Waals surface area contributed by atoms with Crippen molar-refractivity contribution < 1.29 is 4.79 Å². The average molecular weight is 278 g/mol. The largest absolute Gasteiger partial charge is 0.337 e. The lowest BCUT2D eigenvalue weighted by molar-refractivity contribution is -0.132. The van der Waals surface area contributed by atoms with Gasteiger partial charge in [-0.05, 0) is 24.3 Å². The van der Waals surface area contributed by atoms with Crippen LogP contribution in [0.4, 0.5) is 0 Å². The Kier molecular flexibility index (Phi) is 2.68. The summed E-state index contributed by atoms with van der Waals surface area (Å²) in [6, 6.07) is 1.80. The van der Waals surface area contributed by atoms with E-state index in [2.05, 4.69) is 9.97 Å². The molecule has 0 radical (unpaired) electrons. The Morgan fingerprint density at radius 2 is 2.37 bits per heavy atom. The zero-order valence-corrected chi connectivity index (χ0v) is 11.3. The third-order valence-electron chi connectivity index (χ3n) is 3.31. The van der Waals surface area contributed by atoms with Crippen molar-refractivity contribution in [3.8, 4) is 0 Å². The SMILES string of the molecule is CN(Cc1nc2ccsc2c(=O)[nH]1)C(=O)C1(N)CC1. The van der Waals surface area contributed by atoms with Gasteiger partial charge in [-0.2, -0.15) is 0 Å².